The second-order valence-corrected chi connectivity index (χ2v) is 7.32. The fourth-order valence-corrected chi connectivity index (χ4v) is 3.30. The summed E-state index contributed by atoms with van der Waals surface area (Å²) >= 11 is 8.63. The lowest BCUT2D eigenvalue weighted by Gasteiger charge is -2.12. The lowest BCUT2D eigenvalue weighted by molar-refractivity contribution is 0.0977. The Bertz CT molecular complexity index is 1010. The average Bonchev–Trinajstić information content (AvgIpc) is 2.73. The molecular formula is C22H19BrN2O3S. The van der Waals surface area contributed by atoms with E-state index in [1.54, 1.807) is 25.3 Å². The molecule has 0 spiro atoms. The number of thiocarbonyl (C=S) groups is 1. The number of hydrogen-bond donors (Lipinski definition) is 2. The smallest absolute Gasteiger partial charge is 0.257 e. The summed E-state index contributed by atoms with van der Waals surface area (Å²) in [4.78, 5) is 12.4. The molecule has 0 aliphatic carbocycles. The molecule has 0 aliphatic rings. The highest BCUT2D eigenvalue weighted by Crippen LogP contribution is 2.25. The van der Waals surface area contributed by atoms with Gasteiger partial charge in [-0.15, -0.1) is 0 Å². The Labute approximate surface area is 183 Å². The topological polar surface area (TPSA) is 59.6 Å². The molecule has 3 aromatic rings. The van der Waals surface area contributed by atoms with Crippen LogP contribution in [-0.4, -0.2) is 18.1 Å². The molecule has 0 saturated carbocycles. The number of halogens is 1. The van der Waals surface area contributed by atoms with E-state index in [1.165, 1.54) is 0 Å². The highest BCUT2D eigenvalue weighted by Gasteiger charge is 2.11. The van der Waals surface area contributed by atoms with Crippen LogP contribution in [0.3, 0.4) is 0 Å². The molecule has 0 heterocycles. The van der Waals surface area contributed by atoms with Crippen LogP contribution in [-0.2, 0) is 6.61 Å². The van der Waals surface area contributed by atoms with Gasteiger partial charge in [0.05, 0.1) is 11.6 Å². The lowest BCUT2D eigenvalue weighted by Crippen LogP contribution is -2.34. The molecule has 0 aromatic heterocycles. The highest BCUT2D eigenvalue weighted by atomic mass is 79.9. The van der Waals surface area contributed by atoms with Gasteiger partial charge in [0.2, 0.25) is 0 Å². The van der Waals surface area contributed by atoms with E-state index in [-0.39, 0.29) is 11.0 Å². The Morgan fingerprint density at radius 1 is 1.03 bits per heavy atom. The molecule has 7 heteroatoms. The number of amides is 1. The first-order valence-corrected chi connectivity index (χ1v) is 9.98. The molecule has 0 saturated heterocycles. The zero-order valence-electron chi connectivity index (χ0n) is 15.6. The quantitative estimate of drug-likeness (QED) is 0.487. The molecule has 2 N–H and O–H groups in total. The maximum Gasteiger partial charge on any atom is 0.257 e. The van der Waals surface area contributed by atoms with Gasteiger partial charge in [-0.3, -0.25) is 10.1 Å². The van der Waals surface area contributed by atoms with Crippen molar-refractivity contribution in [3.63, 3.8) is 0 Å². The summed E-state index contributed by atoms with van der Waals surface area (Å²) in [5, 5.41) is 5.86. The molecule has 0 unspecified atom stereocenters. The van der Waals surface area contributed by atoms with Crippen LogP contribution < -0.4 is 20.1 Å². The zero-order chi connectivity index (χ0) is 20.6. The number of hydrogen-bond acceptors (Lipinski definition) is 4. The molecule has 5 nitrogen and oxygen atoms in total. The number of methoxy groups -OCH3 is 1. The van der Waals surface area contributed by atoms with Gasteiger partial charge in [-0.05, 0) is 64.0 Å². The standard InChI is InChI=1S/C22H19BrN2O3S/c1-27-20-11-10-16(12-19(20)23)21(26)25-22(29)24-17-8-5-9-18(13-17)28-14-15-6-3-2-4-7-15/h2-13H,14H2,1H3,(H2,24,25,26,29). The minimum Gasteiger partial charge on any atom is -0.496 e. The Kier molecular flexibility index (Phi) is 7.21. The first-order chi connectivity index (χ1) is 14.0. The van der Waals surface area contributed by atoms with Crippen molar-refractivity contribution in [2.45, 2.75) is 6.61 Å². The first-order valence-electron chi connectivity index (χ1n) is 8.78. The third-order valence-corrected chi connectivity index (χ3v) is 4.81. The summed E-state index contributed by atoms with van der Waals surface area (Å²) in [6, 6.07) is 22.4. The van der Waals surface area contributed by atoms with Gasteiger partial charge in [0.25, 0.3) is 5.91 Å². The van der Waals surface area contributed by atoms with Crippen molar-refractivity contribution in [2.75, 3.05) is 12.4 Å². The van der Waals surface area contributed by atoms with E-state index in [4.69, 9.17) is 21.7 Å². The fraction of sp³-hybridized carbons (Fsp3) is 0.0909. The molecule has 0 atom stereocenters. The van der Waals surface area contributed by atoms with Gasteiger partial charge >= 0.3 is 0 Å². The largest absolute Gasteiger partial charge is 0.496 e. The normalized spacial score (nSPS) is 10.1. The number of rotatable bonds is 6. The third-order valence-electron chi connectivity index (χ3n) is 3.98. The second-order valence-electron chi connectivity index (χ2n) is 6.06. The lowest BCUT2D eigenvalue weighted by atomic mass is 10.2. The van der Waals surface area contributed by atoms with Crippen molar-refractivity contribution in [3.8, 4) is 11.5 Å². The number of benzene rings is 3. The van der Waals surface area contributed by atoms with Crippen molar-refractivity contribution >= 4 is 44.9 Å². The van der Waals surface area contributed by atoms with Gasteiger partial charge in [-0.25, -0.2) is 0 Å². The molecule has 3 rings (SSSR count). The molecule has 148 valence electrons. The van der Waals surface area contributed by atoms with Crippen molar-refractivity contribution < 1.29 is 14.3 Å². The van der Waals surface area contributed by atoms with Crippen LogP contribution in [0.4, 0.5) is 5.69 Å². The predicted octanol–water partition coefficient (Wildman–Crippen LogP) is 5.16. The molecule has 0 fully saturated rings. The van der Waals surface area contributed by atoms with Crippen LogP contribution in [0.15, 0.2) is 77.3 Å². The maximum absolute atomic E-state index is 12.4. The van der Waals surface area contributed by atoms with Gasteiger partial charge in [-0.2, -0.15) is 0 Å². The SMILES string of the molecule is COc1ccc(C(=O)NC(=S)Nc2cccc(OCc3ccccc3)c2)cc1Br. The molecule has 29 heavy (non-hydrogen) atoms. The highest BCUT2D eigenvalue weighted by molar-refractivity contribution is 9.10. The molecule has 0 bridgehead atoms. The Hall–Kier alpha value is -2.90. The van der Waals surface area contributed by atoms with Gasteiger partial charge in [0.15, 0.2) is 5.11 Å². The van der Waals surface area contributed by atoms with Crippen molar-refractivity contribution in [3.05, 3.63) is 88.4 Å². The van der Waals surface area contributed by atoms with E-state index < -0.39 is 0 Å². The van der Waals surface area contributed by atoms with E-state index in [0.717, 1.165) is 11.3 Å². The van der Waals surface area contributed by atoms with Crippen molar-refractivity contribution in [1.29, 1.82) is 0 Å². The number of nitrogens with one attached hydrogen (secondary N) is 2. The summed E-state index contributed by atoms with van der Waals surface area (Å²) in [5.74, 6) is 1.03. The summed E-state index contributed by atoms with van der Waals surface area (Å²) in [6.07, 6.45) is 0. The molecule has 0 aliphatic heterocycles. The van der Waals surface area contributed by atoms with Crippen LogP contribution in [0, 0.1) is 0 Å². The minimum atomic E-state index is -0.317. The monoisotopic (exact) mass is 470 g/mol. The second kappa shape index (κ2) is 10.0. The predicted molar refractivity (Wildman–Crippen MR) is 122 cm³/mol. The van der Waals surface area contributed by atoms with Crippen LogP contribution in [0.2, 0.25) is 0 Å². The zero-order valence-corrected chi connectivity index (χ0v) is 18.0. The van der Waals surface area contributed by atoms with Crippen LogP contribution in [0.1, 0.15) is 15.9 Å². The Morgan fingerprint density at radius 3 is 2.55 bits per heavy atom. The number of carbonyl (C=O) groups is 1. The number of ether oxygens (including phenoxy) is 2. The van der Waals surface area contributed by atoms with Gasteiger partial charge in [-0.1, -0.05) is 36.4 Å². The molecule has 1 amide bonds. The van der Waals surface area contributed by atoms with Gasteiger partial charge < -0.3 is 14.8 Å². The van der Waals surface area contributed by atoms with E-state index >= 15 is 0 Å². The first kappa shape index (κ1) is 20.8. The van der Waals surface area contributed by atoms with Crippen LogP contribution in [0.5, 0.6) is 11.5 Å². The van der Waals surface area contributed by atoms with E-state index in [9.17, 15) is 4.79 Å². The van der Waals surface area contributed by atoms with Gasteiger partial charge in [0, 0.05) is 17.3 Å². The third kappa shape index (κ3) is 6.04. The van der Waals surface area contributed by atoms with Crippen LogP contribution in [0.25, 0.3) is 0 Å². The van der Waals surface area contributed by atoms with E-state index in [2.05, 4.69) is 26.6 Å². The fourth-order valence-electron chi connectivity index (χ4n) is 2.55. The van der Waals surface area contributed by atoms with Crippen molar-refractivity contribution in [1.82, 2.24) is 5.32 Å². The Morgan fingerprint density at radius 2 is 1.83 bits per heavy atom. The summed E-state index contributed by atoms with van der Waals surface area (Å²) in [7, 11) is 1.57. The molecular weight excluding hydrogens is 452 g/mol. The van der Waals surface area contributed by atoms with E-state index in [1.807, 2.05) is 54.6 Å². The minimum absolute atomic E-state index is 0.196. The average molecular weight is 471 g/mol. The maximum atomic E-state index is 12.4. The van der Waals surface area contributed by atoms with Crippen LogP contribution >= 0.6 is 28.1 Å². The molecule has 0 radical (unpaired) electrons. The van der Waals surface area contributed by atoms with Crippen molar-refractivity contribution in [2.24, 2.45) is 0 Å². The summed E-state index contributed by atoms with van der Waals surface area (Å²) in [6.45, 7) is 0.470. The summed E-state index contributed by atoms with van der Waals surface area (Å²) in [5.41, 5.74) is 2.26. The number of carbonyl (C=O) groups excluding carboxylic acids is 1. The Balaban J connectivity index is 1.57. The van der Waals surface area contributed by atoms with Gasteiger partial charge in [0.1, 0.15) is 18.1 Å². The number of anilines is 1. The molecule has 3 aromatic carbocycles. The van der Waals surface area contributed by atoms with E-state index in [0.29, 0.717) is 28.1 Å². The summed E-state index contributed by atoms with van der Waals surface area (Å²) < 4.78 is 11.7.